The van der Waals surface area contributed by atoms with E-state index in [1.165, 1.54) is 11.8 Å². The molecule has 2 heterocycles. The number of methoxy groups -OCH3 is 1. The zero-order valence-electron chi connectivity index (χ0n) is 17.4. The molecule has 0 saturated carbocycles. The summed E-state index contributed by atoms with van der Waals surface area (Å²) in [7, 11) is 3.43. The predicted octanol–water partition coefficient (Wildman–Crippen LogP) is 3.72. The molecule has 4 rings (SSSR count). The zero-order valence-corrected chi connectivity index (χ0v) is 18.3. The van der Waals surface area contributed by atoms with Crippen LogP contribution in [-0.4, -0.2) is 43.3 Å². The predicted molar refractivity (Wildman–Crippen MR) is 121 cm³/mol. The van der Waals surface area contributed by atoms with Gasteiger partial charge in [0.1, 0.15) is 11.6 Å². The number of carbonyl (C=O) groups excluding carboxylic acids is 1. The minimum atomic E-state index is -0.137. The molecule has 0 saturated heterocycles. The van der Waals surface area contributed by atoms with E-state index in [0.717, 1.165) is 22.7 Å². The molecule has 0 aliphatic carbocycles. The average molecular weight is 435 g/mol. The minimum absolute atomic E-state index is 0.137. The highest BCUT2D eigenvalue weighted by Crippen LogP contribution is 2.29. The Hall–Kier alpha value is -3.59. The van der Waals surface area contributed by atoms with Gasteiger partial charge in [0.25, 0.3) is 0 Å². The van der Waals surface area contributed by atoms with Crippen molar-refractivity contribution in [3.8, 4) is 22.8 Å². The fourth-order valence-corrected chi connectivity index (χ4v) is 3.89. The summed E-state index contributed by atoms with van der Waals surface area (Å²) in [6, 6.07) is 19.3. The van der Waals surface area contributed by atoms with Gasteiger partial charge in [0.2, 0.25) is 5.91 Å². The number of hydrogen-bond acceptors (Lipinski definition) is 6. The lowest BCUT2D eigenvalue weighted by Gasteiger charge is -2.11. The van der Waals surface area contributed by atoms with E-state index in [1.807, 2.05) is 72.2 Å². The summed E-state index contributed by atoms with van der Waals surface area (Å²) >= 11 is 1.33. The van der Waals surface area contributed by atoms with Gasteiger partial charge < -0.3 is 10.1 Å². The first-order valence-corrected chi connectivity index (χ1v) is 10.6. The van der Waals surface area contributed by atoms with Crippen LogP contribution in [0.25, 0.3) is 17.1 Å². The fourth-order valence-electron chi connectivity index (χ4n) is 3.14. The average Bonchev–Trinajstić information content (AvgIpc) is 3.35. The molecule has 0 atom stereocenters. The van der Waals surface area contributed by atoms with Crippen molar-refractivity contribution in [2.75, 3.05) is 18.2 Å². The minimum Gasteiger partial charge on any atom is -0.497 e. The van der Waals surface area contributed by atoms with Gasteiger partial charge in [-0.2, -0.15) is 5.10 Å². The van der Waals surface area contributed by atoms with Gasteiger partial charge in [-0.25, -0.2) is 0 Å². The first-order chi connectivity index (χ1) is 15.0. The van der Waals surface area contributed by atoms with Crippen LogP contribution in [0.15, 0.2) is 65.8 Å². The molecule has 1 N–H and O–H groups in total. The van der Waals surface area contributed by atoms with E-state index in [9.17, 15) is 4.79 Å². The van der Waals surface area contributed by atoms with Crippen LogP contribution < -0.4 is 10.1 Å². The summed E-state index contributed by atoms with van der Waals surface area (Å²) in [5.41, 5.74) is 2.67. The number of aromatic nitrogens is 5. The Morgan fingerprint density at radius 2 is 1.84 bits per heavy atom. The van der Waals surface area contributed by atoms with Crippen LogP contribution in [0.5, 0.6) is 5.75 Å². The van der Waals surface area contributed by atoms with Crippen LogP contribution in [0, 0.1) is 6.92 Å². The third kappa shape index (κ3) is 4.61. The Kier molecular flexibility index (Phi) is 6.03. The van der Waals surface area contributed by atoms with Crippen LogP contribution in [0.4, 0.5) is 5.82 Å². The highest BCUT2D eigenvalue weighted by Gasteiger charge is 2.18. The number of benzene rings is 2. The van der Waals surface area contributed by atoms with Gasteiger partial charge in [-0.3, -0.25) is 14.0 Å². The molecule has 2 aromatic carbocycles. The van der Waals surface area contributed by atoms with Crippen molar-refractivity contribution in [3.05, 3.63) is 66.4 Å². The van der Waals surface area contributed by atoms with Crippen molar-refractivity contribution >= 4 is 23.5 Å². The normalized spacial score (nSPS) is 10.8. The Labute approximate surface area is 184 Å². The maximum atomic E-state index is 12.5. The number of nitrogens with zero attached hydrogens (tertiary/aromatic N) is 5. The van der Waals surface area contributed by atoms with Crippen molar-refractivity contribution in [3.63, 3.8) is 0 Å². The second-order valence-electron chi connectivity index (χ2n) is 6.84. The van der Waals surface area contributed by atoms with Gasteiger partial charge in [0.15, 0.2) is 11.0 Å². The summed E-state index contributed by atoms with van der Waals surface area (Å²) in [6.07, 6.45) is 0. The van der Waals surface area contributed by atoms with Crippen LogP contribution in [0.2, 0.25) is 0 Å². The molecule has 158 valence electrons. The molecule has 0 spiro atoms. The Balaban J connectivity index is 1.59. The molecule has 0 radical (unpaired) electrons. The molecular weight excluding hydrogens is 412 g/mol. The molecule has 8 nitrogen and oxygen atoms in total. The third-order valence-electron chi connectivity index (χ3n) is 4.60. The van der Waals surface area contributed by atoms with Crippen LogP contribution in [0.3, 0.4) is 0 Å². The SMILES string of the molecule is COc1ccc(-c2nnc(SCC(=O)Nc3cc(C)nn3C)n2-c2ccccc2)cc1. The molecule has 0 fully saturated rings. The molecule has 0 aliphatic heterocycles. The van der Waals surface area contributed by atoms with Gasteiger partial charge in [-0.15, -0.1) is 10.2 Å². The number of anilines is 1. The Morgan fingerprint density at radius 1 is 1.10 bits per heavy atom. The number of nitrogens with one attached hydrogen (secondary N) is 1. The van der Waals surface area contributed by atoms with E-state index >= 15 is 0 Å². The quantitative estimate of drug-likeness (QED) is 0.446. The van der Waals surface area contributed by atoms with Crippen molar-refractivity contribution in [1.82, 2.24) is 24.5 Å². The number of hydrogen-bond donors (Lipinski definition) is 1. The van der Waals surface area contributed by atoms with Crippen LogP contribution >= 0.6 is 11.8 Å². The lowest BCUT2D eigenvalue weighted by atomic mass is 10.2. The molecule has 0 aliphatic rings. The molecule has 0 unspecified atom stereocenters. The van der Waals surface area contributed by atoms with E-state index in [4.69, 9.17) is 4.74 Å². The Bertz CT molecular complexity index is 1180. The lowest BCUT2D eigenvalue weighted by molar-refractivity contribution is -0.113. The largest absolute Gasteiger partial charge is 0.497 e. The number of ether oxygens (including phenoxy) is 1. The monoisotopic (exact) mass is 434 g/mol. The summed E-state index contributed by atoms with van der Waals surface area (Å²) in [5, 5.41) is 16.5. The molecule has 0 bridgehead atoms. The number of para-hydroxylation sites is 1. The fraction of sp³-hybridized carbons (Fsp3) is 0.182. The van der Waals surface area contributed by atoms with E-state index < -0.39 is 0 Å². The molecule has 2 aromatic heterocycles. The second-order valence-corrected chi connectivity index (χ2v) is 7.78. The number of rotatable bonds is 7. The topological polar surface area (TPSA) is 86.9 Å². The molecule has 1 amide bonds. The summed E-state index contributed by atoms with van der Waals surface area (Å²) in [6.45, 7) is 1.88. The van der Waals surface area contributed by atoms with Gasteiger partial charge in [-0.05, 0) is 43.3 Å². The maximum Gasteiger partial charge on any atom is 0.235 e. The van der Waals surface area contributed by atoms with Crippen LogP contribution in [-0.2, 0) is 11.8 Å². The van der Waals surface area contributed by atoms with Crippen LogP contribution in [0.1, 0.15) is 5.69 Å². The first kappa shape index (κ1) is 20.7. The van der Waals surface area contributed by atoms with E-state index in [2.05, 4.69) is 20.6 Å². The summed E-state index contributed by atoms with van der Waals surface area (Å²) in [5.74, 6) is 2.18. The summed E-state index contributed by atoms with van der Waals surface area (Å²) in [4.78, 5) is 12.5. The third-order valence-corrected chi connectivity index (χ3v) is 5.53. The number of thioether (sulfide) groups is 1. The van der Waals surface area contributed by atoms with Crippen molar-refractivity contribution in [1.29, 1.82) is 0 Å². The number of aryl methyl sites for hydroxylation is 2. The number of carbonyl (C=O) groups is 1. The highest BCUT2D eigenvalue weighted by molar-refractivity contribution is 7.99. The summed E-state index contributed by atoms with van der Waals surface area (Å²) < 4.78 is 8.85. The van der Waals surface area contributed by atoms with Gasteiger partial charge in [-0.1, -0.05) is 30.0 Å². The Morgan fingerprint density at radius 3 is 2.48 bits per heavy atom. The van der Waals surface area contributed by atoms with Gasteiger partial charge in [0, 0.05) is 24.4 Å². The molecule has 4 aromatic rings. The standard InChI is InChI=1S/C22H22N6O2S/c1-15-13-19(27(2)26-15)23-20(29)14-31-22-25-24-21(16-9-11-18(30-3)12-10-16)28(22)17-7-5-4-6-8-17/h4-13H,14H2,1-3H3,(H,23,29). The van der Waals surface area contributed by atoms with Crippen molar-refractivity contribution in [2.45, 2.75) is 12.1 Å². The van der Waals surface area contributed by atoms with E-state index in [0.29, 0.717) is 16.8 Å². The molecular formula is C22H22N6O2S. The smallest absolute Gasteiger partial charge is 0.235 e. The first-order valence-electron chi connectivity index (χ1n) is 9.63. The maximum absolute atomic E-state index is 12.5. The number of amides is 1. The lowest BCUT2D eigenvalue weighted by Crippen LogP contribution is -2.16. The van der Waals surface area contributed by atoms with Crippen molar-refractivity contribution < 1.29 is 9.53 Å². The zero-order chi connectivity index (χ0) is 21.8. The van der Waals surface area contributed by atoms with Gasteiger partial charge in [0.05, 0.1) is 18.6 Å². The molecule has 31 heavy (non-hydrogen) atoms. The second kappa shape index (κ2) is 9.05. The van der Waals surface area contributed by atoms with E-state index in [1.54, 1.807) is 18.8 Å². The van der Waals surface area contributed by atoms with Crippen molar-refractivity contribution in [2.24, 2.45) is 7.05 Å². The van der Waals surface area contributed by atoms with Gasteiger partial charge >= 0.3 is 0 Å². The molecule has 9 heteroatoms. The van der Waals surface area contributed by atoms with E-state index in [-0.39, 0.29) is 11.7 Å². The highest BCUT2D eigenvalue weighted by atomic mass is 32.2.